The Hall–Kier alpha value is -3.22. The van der Waals surface area contributed by atoms with Crippen molar-refractivity contribution in [2.24, 2.45) is 0 Å². The Balaban J connectivity index is 1.75. The molecule has 0 aliphatic heterocycles. The summed E-state index contributed by atoms with van der Waals surface area (Å²) in [5.74, 6) is -1.61. The number of nitrogens with one attached hydrogen (secondary N) is 1. The number of hydrogen-bond donors (Lipinski definition) is 1. The average molecular weight is 330 g/mol. The topological polar surface area (TPSA) is 64.4 Å². The summed E-state index contributed by atoms with van der Waals surface area (Å²) in [4.78, 5) is 12.1. The van der Waals surface area contributed by atoms with Crippen LogP contribution in [0.25, 0.3) is 11.3 Å². The molecule has 0 spiro atoms. The van der Waals surface area contributed by atoms with Crippen LogP contribution >= 0.6 is 0 Å². The number of ether oxygens (including phenoxy) is 1. The fraction of sp³-hybridized carbons (Fsp3) is 0.0588. The first-order chi connectivity index (χ1) is 11.6. The Morgan fingerprint density at radius 3 is 2.50 bits per heavy atom. The molecule has 0 atom stereocenters. The summed E-state index contributed by atoms with van der Waals surface area (Å²) >= 11 is 0. The van der Waals surface area contributed by atoms with Gasteiger partial charge in [-0.25, -0.2) is 8.78 Å². The van der Waals surface area contributed by atoms with Gasteiger partial charge in [0.25, 0.3) is 5.91 Å². The maximum Gasteiger partial charge on any atom is 0.258 e. The molecule has 122 valence electrons. The smallest absolute Gasteiger partial charge is 0.258 e. The molecular weight excluding hydrogens is 318 g/mol. The van der Waals surface area contributed by atoms with Crippen LogP contribution in [0.2, 0.25) is 0 Å². The fourth-order valence-corrected chi connectivity index (χ4v) is 2.05. The van der Waals surface area contributed by atoms with Crippen molar-refractivity contribution >= 4 is 11.8 Å². The molecule has 1 heterocycles. The van der Waals surface area contributed by atoms with Gasteiger partial charge >= 0.3 is 0 Å². The van der Waals surface area contributed by atoms with Crippen LogP contribution in [0.4, 0.5) is 14.7 Å². The summed E-state index contributed by atoms with van der Waals surface area (Å²) < 4.78 is 36.2. The van der Waals surface area contributed by atoms with Gasteiger partial charge in [0.05, 0.1) is 7.11 Å². The number of rotatable bonds is 4. The molecule has 0 saturated heterocycles. The van der Waals surface area contributed by atoms with Gasteiger partial charge in [-0.05, 0) is 42.5 Å². The van der Waals surface area contributed by atoms with Crippen LogP contribution < -0.4 is 10.1 Å². The molecule has 1 amide bonds. The number of amides is 1. The van der Waals surface area contributed by atoms with Gasteiger partial charge < -0.3 is 9.26 Å². The third-order valence-electron chi connectivity index (χ3n) is 3.31. The van der Waals surface area contributed by atoms with Crippen molar-refractivity contribution in [1.29, 1.82) is 0 Å². The second-order valence-corrected chi connectivity index (χ2v) is 4.89. The van der Waals surface area contributed by atoms with E-state index in [1.54, 1.807) is 24.3 Å². The zero-order valence-corrected chi connectivity index (χ0v) is 12.5. The lowest BCUT2D eigenvalue weighted by atomic mass is 10.1. The minimum atomic E-state index is -0.987. The molecular formula is C17H12F2N2O3. The molecule has 24 heavy (non-hydrogen) atoms. The summed E-state index contributed by atoms with van der Waals surface area (Å²) in [5.41, 5.74) is 1.02. The number of halogens is 2. The Bertz CT molecular complexity index is 876. The molecule has 0 saturated carbocycles. The predicted octanol–water partition coefficient (Wildman–Crippen LogP) is 3.88. The zero-order chi connectivity index (χ0) is 17.1. The number of aromatic nitrogens is 1. The van der Waals surface area contributed by atoms with Crippen molar-refractivity contribution in [2.75, 3.05) is 12.4 Å². The van der Waals surface area contributed by atoms with Gasteiger partial charge in [0, 0.05) is 17.2 Å². The number of methoxy groups -OCH3 is 1. The maximum atomic E-state index is 13.3. The van der Waals surface area contributed by atoms with E-state index in [1.165, 1.54) is 19.2 Å². The molecule has 0 aliphatic rings. The molecule has 1 N–H and O–H groups in total. The number of hydrogen-bond acceptors (Lipinski definition) is 4. The Morgan fingerprint density at radius 1 is 1.08 bits per heavy atom. The highest BCUT2D eigenvalue weighted by Gasteiger charge is 2.13. The van der Waals surface area contributed by atoms with Crippen molar-refractivity contribution in [3.63, 3.8) is 0 Å². The Labute approximate surface area is 135 Å². The predicted molar refractivity (Wildman–Crippen MR) is 82.8 cm³/mol. The first-order valence-electron chi connectivity index (χ1n) is 6.94. The van der Waals surface area contributed by atoms with E-state index in [2.05, 4.69) is 10.5 Å². The monoisotopic (exact) mass is 330 g/mol. The quantitative estimate of drug-likeness (QED) is 0.788. The second-order valence-electron chi connectivity index (χ2n) is 4.89. The van der Waals surface area contributed by atoms with Gasteiger partial charge in [-0.1, -0.05) is 5.16 Å². The van der Waals surface area contributed by atoms with Crippen molar-refractivity contribution in [2.45, 2.75) is 0 Å². The van der Waals surface area contributed by atoms with Crippen LogP contribution in [0, 0.1) is 11.6 Å². The third kappa shape index (κ3) is 3.24. The fourth-order valence-electron chi connectivity index (χ4n) is 2.05. The molecule has 0 bridgehead atoms. The van der Waals surface area contributed by atoms with Crippen LogP contribution in [-0.4, -0.2) is 18.2 Å². The van der Waals surface area contributed by atoms with Gasteiger partial charge in [0.2, 0.25) is 5.88 Å². The van der Waals surface area contributed by atoms with E-state index in [9.17, 15) is 13.6 Å². The van der Waals surface area contributed by atoms with E-state index in [-0.39, 0.29) is 11.6 Å². The lowest BCUT2D eigenvalue weighted by Gasteiger charge is -2.02. The van der Waals surface area contributed by atoms with Gasteiger partial charge in [-0.2, -0.15) is 0 Å². The van der Waals surface area contributed by atoms with Crippen LogP contribution in [0.1, 0.15) is 10.4 Å². The van der Waals surface area contributed by atoms with Gasteiger partial charge in [-0.3, -0.25) is 10.1 Å². The minimum Gasteiger partial charge on any atom is -0.497 e. The SMILES string of the molecule is COc1ccc(C(=O)Nc2cc(-c3ccc(F)c(F)c3)no2)cc1. The number of carbonyl (C=O) groups excluding carboxylic acids is 1. The molecule has 1 aromatic heterocycles. The Kier molecular flexibility index (Phi) is 4.24. The summed E-state index contributed by atoms with van der Waals surface area (Å²) in [6.45, 7) is 0. The molecule has 0 radical (unpaired) electrons. The second kappa shape index (κ2) is 6.49. The Morgan fingerprint density at radius 2 is 1.83 bits per heavy atom. The molecule has 5 nitrogen and oxygen atoms in total. The average Bonchev–Trinajstić information content (AvgIpc) is 3.06. The van der Waals surface area contributed by atoms with E-state index < -0.39 is 17.5 Å². The molecule has 0 unspecified atom stereocenters. The number of carbonyl (C=O) groups is 1. The first-order valence-corrected chi connectivity index (χ1v) is 6.94. The number of benzene rings is 2. The summed E-state index contributed by atoms with van der Waals surface area (Å²) in [5, 5.41) is 6.27. The third-order valence-corrected chi connectivity index (χ3v) is 3.31. The van der Waals surface area contributed by atoms with E-state index in [4.69, 9.17) is 9.26 Å². The lowest BCUT2D eigenvalue weighted by molar-refractivity contribution is 0.102. The largest absolute Gasteiger partial charge is 0.497 e. The zero-order valence-electron chi connectivity index (χ0n) is 12.5. The molecule has 0 fully saturated rings. The van der Waals surface area contributed by atoms with E-state index in [0.717, 1.165) is 12.1 Å². The van der Waals surface area contributed by atoms with E-state index in [1.807, 2.05) is 0 Å². The van der Waals surface area contributed by atoms with Gasteiger partial charge in [-0.15, -0.1) is 0 Å². The maximum absolute atomic E-state index is 13.3. The van der Waals surface area contributed by atoms with Crippen LogP contribution in [0.15, 0.2) is 53.1 Å². The van der Waals surface area contributed by atoms with Gasteiger partial charge in [0.1, 0.15) is 11.4 Å². The summed E-state index contributed by atoms with van der Waals surface area (Å²) in [7, 11) is 1.53. The highest BCUT2D eigenvalue weighted by molar-refractivity contribution is 6.03. The highest BCUT2D eigenvalue weighted by Crippen LogP contribution is 2.24. The highest BCUT2D eigenvalue weighted by atomic mass is 19.2. The number of nitrogens with zero attached hydrogens (tertiary/aromatic N) is 1. The van der Waals surface area contributed by atoms with Gasteiger partial charge in [0.15, 0.2) is 11.6 Å². The first kappa shape index (κ1) is 15.7. The van der Waals surface area contributed by atoms with Crippen molar-refractivity contribution in [1.82, 2.24) is 5.16 Å². The molecule has 2 aromatic carbocycles. The van der Waals surface area contributed by atoms with Crippen LogP contribution in [0.3, 0.4) is 0 Å². The van der Waals surface area contributed by atoms with Crippen molar-refractivity contribution < 1.29 is 22.8 Å². The van der Waals surface area contributed by atoms with Crippen LogP contribution in [0.5, 0.6) is 5.75 Å². The van der Waals surface area contributed by atoms with Crippen molar-refractivity contribution in [3.8, 4) is 17.0 Å². The normalized spacial score (nSPS) is 10.5. The minimum absolute atomic E-state index is 0.0931. The molecule has 3 rings (SSSR count). The molecule has 3 aromatic rings. The van der Waals surface area contributed by atoms with E-state index in [0.29, 0.717) is 16.9 Å². The molecule has 7 heteroatoms. The summed E-state index contributed by atoms with van der Waals surface area (Å²) in [6, 6.07) is 11.3. The lowest BCUT2D eigenvalue weighted by Crippen LogP contribution is -2.11. The van der Waals surface area contributed by atoms with Crippen LogP contribution in [-0.2, 0) is 0 Å². The standard InChI is InChI=1S/C17H12F2N2O3/c1-23-12-5-2-10(3-6-12)17(22)20-16-9-15(21-24-16)11-4-7-13(18)14(19)8-11/h2-9H,1H3,(H,20,22). The van der Waals surface area contributed by atoms with E-state index >= 15 is 0 Å². The van der Waals surface area contributed by atoms with Crippen molar-refractivity contribution in [3.05, 3.63) is 65.7 Å². The number of anilines is 1. The molecule has 0 aliphatic carbocycles. The summed E-state index contributed by atoms with van der Waals surface area (Å²) in [6.07, 6.45) is 0.